The van der Waals surface area contributed by atoms with Crippen LogP contribution in [0.15, 0.2) is 109 Å². The second-order valence-corrected chi connectivity index (χ2v) is 12.1. The van der Waals surface area contributed by atoms with Crippen LogP contribution < -0.4 is 19.7 Å². The summed E-state index contributed by atoms with van der Waals surface area (Å²) in [5, 5.41) is 13.0. The molecule has 8 nitrogen and oxygen atoms in total. The standard InChI is InChI=1S/C41H48N2O6/c1-2-3-4-5-6-13-23-39(44)43(34-19-11-8-12-20-34)30-16-31-48-35-27-24-32(25-28-35)26-29-37(40(45)46)42-36-21-14-15-22-38(36)49-41(47)33-17-9-7-10-18-33/h7-12,14-15,17-22,24-25,27-28,37,42H,2-6,13,16,23,26,29-31H2,1H3,(H,45,46). The van der Waals surface area contributed by atoms with Crippen molar-refractivity contribution in [2.45, 2.75) is 77.2 Å². The minimum atomic E-state index is -1.00. The molecule has 4 rings (SSSR count). The number of carbonyl (C=O) groups excluding carboxylic acids is 2. The van der Waals surface area contributed by atoms with E-state index in [1.807, 2.05) is 65.6 Å². The fourth-order valence-corrected chi connectivity index (χ4v) is 5.53. The lowest BCUT2D eigenvalue weighted by Gasteiger charge is -2.23. The van der Waals surface area contributed by atoms with Gasteiger partial charge < -0.3 is 24.8 Å². The van der Waals surface area contributed by atoms with Gasteiger partial charge in [0, 0.05) is 18.7 Å². The lowest BCUT2D eigenvalue weighted by atomic mass is 10.0. The molecule has 0 spiro atoms. The maximum atomic E-state index is 13.1. The van der Waals surface area contributed by atoms with Gasteiger partial charge in [-0.2, -0.15) is 0 Å². The van der Waals surface area contributed by atoms with E-state index in [0.29, 0.717) is 50.1 Å². The van der Waals surface area contributed by atoms with Gasteiger partial charge in [0.1, 0.15) is 11.8 Å². The Labute approximate surface area is 290 Å². The van der Waals surface area contributed by atoms with Gasteiger partial charge in [-0.05, 0) is 79.8 Å². The van der Waals surface area contributed by atoms with Gasteiger partial charge in [-0.3, -0.25) is 4.79 Å². The van der Waals surface area contributed by atoms with E-state index in [1.165, 1.54) is 25.7 Å². The van der Waals surface area contributed by atoms with E-state index >= 15 is 0 Å². The Balaban J connectivity index is 1.24. The molecule has 0 saturated heterocycles. The van der Waals surface area contributed by atoms with E-state index in [1.54, 1.807) is 48.5 Å². The third-order valence-corrected chi connectivity index (χ3v) is 8.28. The lowest BCUT2D eigenvalue weighted by Crippen LogP contribution is -2.32. The molecule has 0 bridgehead atoms. The molecule has 4 aromatic rings. The molecule has 0 saturated carbocycles. The number of carbonyl (C=O) groups is 3. The molecule has 0 radical (unpaired) electrons. The van der Waals surface area contributed by atoms with Crippen LogP contribution >= 0.6 is 0 Å². The van der Waals surface area contributed by atoms with Crippen LogP contribution in [0.5, 0.6) is 11.5 Å². The Kier molecular flexibility index (Phi) is 15.2. The number of carboxylic acid groups (broad SMARTS) is 1. The summed E-state index contributed by atoms with van der Waals surface area (Å²) in [6.45, 7) is 3.25. The monoisotopic (exact) mass is 664 g/mol. The van der Waals surface area contributed by atoms with Crippen LogP contribution in [0.25, 0.3) is 0 Å². The van der Waals surface area contributed by atoms with E-state index in [0.717, 1.165) is 29.8 Å². The van der Waals surface area contributed by atoms with Gasteiger partial charge in [-0.15, -0.1) is 0 Å². The Morgan fingerprint density at radius 1 is 0.755 bits per heavy atom. The molecule has 0 aliphatic carbocycles. The maximum Gasteiger partial charge on any atom is 0.343 e. The second-order valence-electron chi connectivity index (χ2n) is 12.1. The zero-order valence-corrected chi connectivity index (χ0v) is 28.4. The number of nitrogens with zero attached hydrogens (tertiary/aromatic N) is 1. The summed E-state index contributed by atoms with van der Waals surface area (Å²) < 4.78 is 11.6. The summed E-state index contributed by atoms with van der Waals surface area (Å²) in [7, 11) is 0. The molecule has 1 atom stereocenters. The van der Waals surface area contributed by atoms with Crippen LogP contribution in [0, 0.1) is 0 Å². The van der Waals surface area contributed by atoms with E-state index in [-0.39, 0.29) is 11.7 Å². The number of benzene rings is 4. The zero-order chi connectivity index (χ0) is 34.7. The van der Waals surface area contributed by atoms with Crippen LogP contribution in [-0.2, 0) is 16.0 Å². The van der Waals surface area contributed by atoms with E-state index in [2.05, 4.69) is 12.2 Å². The number of nitrogens with one attached hydrogen (secondary N) is 1. The quantitative estimate of drug-likeness (QED) is 0.0521. The molecule has 0 fully saturated rings. The SMILES string of the molecule is CCCCCCCCC(=O)N(CCCOc1ccc(CCC(Nc2ccccc2OC(=O)c2ccccc2)C(=O)O)cc1)c1ccccc1. The molecule has 0 heterocycles. The molecule has 0 aromatic heterocycles. The first-order valence-corrected chi connectivity index (χ1v) is 17.4. The largest absolute Gasteiger partial charge is 0.494 e. The van der Waals surface area contributed by atoms with Crippen LogP contribution in [0.3, 0.4) is 0 Å². The summed E-state index contributed by atoms with van der Waals surface area (Å²) in [6, 6.07) is 32.0. The average Bonchev–Trinajstić information content (AvgIpc) is 3.13. The fourth-order valence-electron chi connectivity index (χ4n) is 5.53. The molecular weight excluding hydrogens is 616 g/mol. The van der Waals surface area contributed by atoms with Crippen LogP contribution in [0.4, 0.5) is 11.4 Å². The molecule has 1 unspecified atom stereocenters. The predicted octanol–water partition coefficient (Wildman–Crippen LogP) is 8.96. The van der Waals surface area contributed by atoms with Gasteiger partial charge in [0.25, 0.3) is 0 Å². The Morgan fingerprint density at radius 3 is 2.12 bits per heavy atom. The third kappa shape index (κ3) is 12.5. The molecule has 1 amide bonds. The first kappa shape index (κ1) is 36.7. The third-order valence-electron chi connectivity index (χ3n) is 8.28. The molecule has 258 valence electrons. The maximum absolute atomic E-state index is 13.1. The Morgan fingerprint density at radius 2 is 1.41 bits per heavy atom. The molecule has 2 N–H and O–H groups in total. The Hall–Kier alpha value is -5.11. The molecule has 0 aliphatic heterocycles. The summed E-state index contributed by atoms with van der Waals surface area (Å²) in [4.78, 5) is 39.7. The number of carboxylic acids is 1. The molecule has 8 heteroatoms. The van der Waals surface area contributed by atoms with Crippen molar-refractivity contribution in [3.8, 4) is 11.5 Å². The molecule has 0 aliphatic rings. The van der Waals surface area contributed by atoms with Gasteiger partial charge in [-0.1, -0.05) is 99.7 Å². The number of unbranched alkanes of at least 4 members (excludes halogenated alkanes) is 5. The van der Waals surface area contributed by atoms with Crippen molar-refractivity contribution in [3.05, 3.63) is 120 Å². The highest BCUT2D eigenvalue weighted by Crippen LogP contribution is 2.27. The summed E-state index contributed by atoms with van der Waals surface area (Å²) in [6.07, 6.45) is 8.95. The molecule has 4 aromatic carbocycles. The highest BCUT2D eigenvalue weighted by Gasteiger charge is 2.20. The summed E-state index contributed by atoms with van der Waals surface area (Å²) in [5.74, 6) is -0.390. The number of para-hydroxylation sites is 3. The first-order valence-electron chi connectivity index (χ1n) is 17.4. The normalized spacial score (nSPS) is 11.4. The number of aryl methyl sites for hydroxylation is 1. The van der Waals surface area contributed by atoms with E-state index in [4.69, 9.17) is 9.47 Å². The van der Waals surface area contributed by atoms with E-state index < -0.39 is 18.0 Å². The first-order chi connectivity index (χ1) is 23.9. The van der Waals surface area contributed by atoms with Crippen molar-refractivity contribution in [1.82, 2.24) is 0 Å². The van der Waals surface area contributed by atoms with Crippen molar-refractivity contribution in [2.75, 3.05) is 23.4 Å². The minimum Gasteiger partial charge on any atom is -0.494 e. The lowest BCUT2D eigenvalue weighted by molar-refractivity contribution is -0.138. The fraction of sp³-hybridized carbons (Fsp3) is 0.341. The average molecular weight is 665 g/mol. The van der Waals surface area contributed by atoms with Gasteiger partial charge in [-0.25, -0.2) is 9.59 Å². The van der Waals surface area contributed by atoms with Gasteiger partial charge in [0.05, 0.1) is 17.9 Å². The Bertz CT molecular complexity index is 1580. The number of amides is 1. The number of hydrogen-bond donors (Lipinski definition) is 2. The van der Waals surface area contributed by atoms with Crippen molar-refractivity contribution in [3.63, 3.8) is 0 Å². The molecule has 49 heavy (non-hydrogen) atoms. The van der Waals surface area contributed by atoms with Crippen LogP contribution in [0.2, 0.25) is 0 Å². The van der Waals surface area contributed by atoms with Crippen LogP contribution in [0.1, 0.15) is 80.6 Å². The van der Waals surface area contributed by atoms with Crippen molar-refractivity contribution < 1.29 is 29.0 Å². The van der Waals surface area contributed by atoms with Gasteiger partial charge in [0.2, 0.25) is 5.91 Å². The van der Waals surface area contributed by atoms with Crippen molar-refractivity contribution in [1.29, 1.82) is 0 Å². The van der Waals surface area contributed by atoms with Crippen molar-refractivity contribution in [2.24, 2.45) is 0 Å². The molecular formula is C41H48N2O6. The smallest absolute Gasteiger partial charge is 0.343 e. The number of esters is 1. The number of ether oxygens (including phenoxy) is 2. The highest BCUT2D eigenvalue weighted by atomic mass is 16.5. The number of aliphatic carboxylic acids is 1. The van der Waals surface area contributed by atoms with Crippen LogP contribution in [-0.4, -0.2) is 42.1 Å². The van der Waals surface area contributed by atoms with Crippen molar-refractivity contribution >= 4 is 29.2 Å². The van der Waals surface area contributed by atoms with E-state index in [9.17, 15) is 19.5 Å². The second kappa shape index (κ2) is 20.3. The number of rotatable bonds is 21. The summed E-state index contributed by atoms with van der Waals surface area (Å²) in [5.41, 5.74) is 2.72. The zero-order valence-electron chi connectivity index (χ0n) is 28.4. The minimum absolute atomic E-state index is 0.150. The summed E-state index contributed by atoms with van der Waals surface area (Å²) >= 11 is 0. The predicted molar refractivity (Wildman–Crippen MR) is 195 cm³/mol. The number of anilines is 2. The topological polar surface area (TPSA) is 105 Å². The highest BCUT2D eigenvalue weighted by molar-refractivity contribution is 5.93. The number of hydrogen-bond acceptors (Lipinski definition) is 6. The van der Waals surface area contributed by atoms with Gasteiger partial charge in [0.15, 0.2) is 5.75 Å². The van der Waals surface area contributed by atoms with Gasteiger partial charge >= 0.3 is 11.9 Å².